The highest BCUT2D eigenvalue weighted by Crippen LogP contribution is 2.21. The van der Waals surface area contributed by atoms with Crippen molar-refractivity contribution in [2.75, 3.05) is 11.9 Å². The van der Waals surface area contributed by atoms with Gasteiger partial charge in [0, 0.05) is 25.8 Å². The predicted octanol–water partition coefficient (Wildman–Crippen LogP) is 2.92. The second-order valence-electron chi connectivity index (χ2n) is 4.32. The number of hydrogen-bond donors (Lipinski definition) is 1. The lowest BCUT2D eigenvalue weighted by Crippen LogP contribution is -2.19. The standard InChI is InChI=1S/C15H17FN2/c1-18(11-12-5-3-2-4-6-12)15-8-7-14(16)9-13(15)10-17/h2-9H,10-11,17H2,1H3. The van der Waals surface area contributed by atoms with Crippen LogP contribution < -0.4 is 10.6 Å². The molecule has 0 aromatic heterocycles. The van der Waals surface area contributed by atoms with Crippen LogP contribution in [0.2, 0.25) is 0 Å². The van der Waals surface area contributed by atoms with Crippen molar-refractivity contribution in [2.45, 2.75) is 13.1 Å². The lowest BCUT2D eigenvalue weighted by molar-refractivity contribution is 0.625. The summed E-state index contributed by atoms with van der Waals surface area (Å²) in [6, 6.07) is 14.9. The summed E-state index contributed by atoms with van der Waals surface area (Å²) in [6.45, 7) is 1.12. The summed E-state index contributed by atoms with van der Waals surface area (Å²) in [5, 5.41) is 0. The molecule has 0 aliphatic carbocycles. The van der Waals surface area contributed by atoms with E-state index in [1.807, 2.05) is 25.2 Å². The van der Waals surface area contributed by atoms with E-state index in [2.05, 4.69) is 17.0 Å². The average molecular weight is 244 g/mol. The van der Waals surface area contributed by atoms with E-state index in [1.54, 1.807) is 6.07 Å². The first-order chi connectivity index (χ1) is 8.70. The molecule has 0 aliphatic rings. The molecule has 2 N–H and O–H groups in total. The smallest absolute Gasteiger partial charge is 0.123 e. The van der Waals surface area contributed by atoms with Crippen molar-refractivity contribution in [1.29, 1.82) is 0 Å². The van der Waals surface area contributed by atoms with Crippen LogP contribution in [0, 0.1) is 5.82 Å². The Hall–Kier alpha value is -1.87. The normalized spacial score (nSPS) is 10.4. The zero-order chi connectivity index (χ0) is 13.0. The van der Waals surface area contributed by atoms with E-state index in [9.17, 15) is 4.39 Å². The van der Waals surface area contributed by atoms with Crippen LogP contribution in [0.1, 0.15) is 11.1 Å². The molecule has 2 rings (SSSR count). The molecule has 18 heavy (non-hydrogen) atoms. The first kappa shape index (κ1) is 12.6. The Kier molecular flexibility index (Phi) is 3.95. The molecule has 0 fully saturated rings. The first-order valence-corrected chi connectivity index (χ1v) is 5.94. The molecule has 0 aliphatic heterocycles. The number of hydrogen-bond acceptors (Lipinski definition) is 2. The number of benzene rings is 2. The minimum Gasteiger partial charge on any atom is -0.370 e. The van der Waals surface area contributed by atoms with Gasteiger partial charge < -0.3 is 10.6 Å². The minimum atomic E-state index is -0.243. The van der Waals surface area contributed by atoms with Crippen molar-refractivity contribution in [1.82, 2.24) is 0 Å². The average Bonchev–Trinajstić information content (AvgIpc) is 2.39. The van der Waals surface area contributed by atoms with E-state index in [-0.39, 0.29) is 5.82 Å². The number of rotatable bonds is 4. The van der Waals surface area contributed by atoms with Crippen LogP contribution in [0.5, 0.6) is 0 Å². The lowest BCUT2D eigenvalue weighted by Gasteiger charge is -2.22. The largest absolute Gasteiger partial charge is 0.370 e. The second kappa shape index (κ2) is 5.65. The van der Waals surface area contributed by atoms with Crippen molar-refractivity contribution >= 4 is 5.69 Å². The third-order valence-corrected chi connectivity index (χ3v) is 2.94. The molecular formula is C15H17FN2. The van der Waals surface area contributed by atoms with Crippen molar-refractivity contribution < 1.29 is 4.39 Å². The molecular weight excluding hydrogens is 227 g/mol. The molecule has 0 unspecified atom stereocenters. The van der Waals surface area contributed by atoms with Crippen LogP contribution in [-0.2, 0) is 13.1 Å². The van der Waals surface area contributed by atoms with Gasteiger partial charge in [-0.05, 0) is 29.3 Å². The van der Waals surface area contributed by atoms with Gasteiger partial charge in [-0.15, -0.1) is 0 Å². The van der Waals surface area contributed by atoms with Gasteiger partial charge in [-0.3, -0.25) is 0 Å². The number of anilines is 1. The van der Waals surface area contributed by atoms with E-state index in [1.165, 1.54) is 17.7 Å². The molecule has 94 valence electrons. The number of nitrogens with two attached hydrogens (primary N) is 1. The van der Waals surface area contributed by atoms with E-state index in [0.717, 1.165) is 17.8 Å². The van der Waals surface area contributed by atoms with Gasteiger partial charge in [0.2, 0.25) is 0 Å². The minimum absolute atomic E-state index is 0.243. The third-order valence-electron chi connectivity index (χ3n) is 2.94. The molecule has 0 radical (unpaired) electrons. The van der Waals surface area contributed by atoms with Crippen molar-refractivity contribution in [3.63, 3.8) is 0 Å². The molecule has 0 saturated heterocycles. The van der Waals surface area contributed by atoms with Crippen molar-refractivity contribution in [3.05, 3.63) is 65.5 Å². The SMILES string of the molecule is CN(Cc1ccccc1)c1ccc(F)cc1CN. The van der Waals surface area contributed by atoms with Gasteiger partial charge in [0.25, 0.3) is 0 Å². The topological polar surface area (TPSA) is 29.3 Å². The zero-order valence-electron chi connectivity index (χ0n) is 10.4. The summed E-state index contributed by atoms with van der Waals surface area (Å²) in [4.78, 5) is 2.08. The molecule has 2 aromatic carbocycles. The Morgan fingerprint density at radius 3 is 2.50 bits per heavy atom. The fourth-order valence-corrected chi connectivity index (χ4v) is 2.03. The van der Waals surface area contributed by atoms with Gasteiger partial charge >= 0.3 is 0 Å². The lowest BCUT2D eigenvalue weighted by atomic mass is 10.1. The fourth-order valence-electron chi connectivity index (χ4n) is 2.03. The van der Waals surface area contributed by atoms with Crippen molar-refractivity contribution in [3.8, 4) is 0 Å². The van der Waals surface area contributed by atoms with Gasteiger partial charge in [0.1, 0.15) is 5.82 Å². The zero-order valence-corrected chi connectivity index (χ0v) is 10.4. The molecule has 3 heteroatoms. The quantitative estimate of drug-likeness (QED) is 0.896. The summed E-state index contributed by atoms with van der Waals surface area (Å²) in [6.07, 6.45) is 0. The first-order valence-electron chi connectivity index (χ1n) is 5.94. The number of nitrogens with zero attached hydrogens (tertiary/aromatic N) is 1. The van der Waals surface area contributed by atoms with Gasteiger partial charge in [-0.2, -0.15) is 0 Å². The van der Waals surface area contributed by atoms with E-state index in [0.29, 0.717) is 6.54 Å². The Morgan fingerprint density at radius 2 is 1.83 bits per heavy atom. The van der Waals surface area contributed by atoms with E-state index < -0.39 is 0 Å². The summed E-state index contributed by atoms with van der Waals surface area (Å²) < 4.78 is 13.2. The highest BCUT2D eigenvalue weighted by atomic mass is 19.1. The Labute approximate surface area is 107 Å². The summed E-state index contributed by atoms with van der Waals surface area (Å²) in [5.41, 5.74) is 8.67. The van der Waals surface area contributed by atoms with Crippen LogP contribution in [0.15, 0.2) is 48.5 Å². The summed E-state index contributed by atoms with van der Waals surface area (Å²) in [7, 11) is 1.99. The Balaban J connectivity index is 2.21. The molecule has 2 nitrogen and oxygen atoms in total. The van der Waals surface area contributed by atoms with Gasteiger partial charge in [0.15, 0.2) is 0 Å². The van der Waals surface area contributed by atoms with E-state index >= 15 is 0 Å². The maximum atomic E-state index is 13.2. The van der Waals surface area contributed by atoms with Gasteiger partial charge in [-0.1, -0.05) is 30.3 Å². The monoisotopic (exact) mass is 244 g/mol. The Bertz CT molecular complexity index is 511. The third kappa shape index (κ3) is 2.87. The highest BCUT2D eigenvalue weighted by Gasteiger charge is 2.08. The molecule has 0 saturated carbocycles. The maximum Gasteiger partial charge on any atom is 0.123 e. The van der Waals surface area contributed by atoms with Crippen molar-refractivity contribution in [2.24, 2.45) is 5.73 Å². The maximum absolute atomic E-state index is 13.2. The molecule has 0 bridgehead atoms. The van der Waals surface area contributed by atoms with Gasteiger partial charge in [-0.25, -0.2) is 4.39 Å². The van der Waals surface area contributed by atoms with Crippen LogP contribution >= 0.6 is 0 Å². The second-order valence-corrected chi connectivity index (χ2v) is 4.32. The van der Waals surface area contributed by atoms with Crippen LogP contribution in [-0.4, -0.2) is 7.05 Å². The van der Waals surface area contributed by atoms with Crippen LogP contribution in [0.3, 0.4) is 0 Å². The molecule has 0 heterocycles. The molecule has 2 aromatic rings. The number of halogens is 1. The predicted molar refractivity (Wildman–Crippen MR) is 72.8 cm³/mol. The molecule has 0 spiro atoms. The highest BCUT2D eigenvalue weighted by molar-refractivity contribution is 5.53. The molecule has 0 atom stereocenters. The fraction of sp³-hybridized carbons (Fsp3) is 0.200. The molecule has 0 amide bonds. The van der Waals surface area contributed by atoms with E-state index in [4.69, 9.17) is 5.73 Å². The Morgan fingerprint density at radius 1 is 1.11 bits per heavy atom. The van der Waals surface area contributed by atoms with Crippen LogP contribution in [0.25, 0.3) is 0 Å². The summed E-state index contributed by atoms with van der Waals surface area (Å²) in [5.74, 6) is -0.243. The summed E-state index contributed by atoms with van der Waals surface area (Å²) >= 11 is 0. The van der Waals surface area contributed by atoms with Crippen LogP contribution in [0.4, 0.5) is 10.1 Å². The van der Waals surface area contributed by atoms with Gasteiger partial charge in [0.05, 0.1) is 0 Å².